The van der Waals surface area contributed by atoms with Crippen LogP contribution in [-0.2, 0) is 0 Å². The maximum absolute atomic E-state index is 13.1. The average molecular weight is 452 g/mol. The molecule has 1 aliphatic heterocycles. The number of fused-ring (bicyclic) bond motifs is 1. The van der Waals surface area contributed by atoms with Crippen LogP contribution in [0.1, 0.15) is 29.6 Å². The molecule has 1 aliphatic rings. The third-order valence-corrected chi connectivity index (χ3v) is 5.15. The molecule has 4 rings (SSSR count). The zero-order chi connectivity index (χ0) is 19.7. The van der Waals surface area contributed by atoms with Gasteiger partial charge in [0.25, 0.3) is 0 Å². The van der Waals surface area contributed by atoms with Gasteiger partial charge in [-0.1, -0.05) is 45.3 Å². The molecular formula is C18H16BrF2N5O2. The van der Waals surface area contributed by atoms with Crippen molar-refractivity contribution in [3.05, 3.63) is 58.1 Å². The third kappa shape index (κ3) is 3.51. The monoisotopic (exact) mass is 451 g/mol. The van der Waals surface area contributed by atoms with E-state index in [1.807, 2.05) is 24.3 Å². The van der Waals surface area contributed by atoms with Crippen molar-refractivity contribution in [2.24, 2.45) is 0 Å². The van der Waals surface area contributed by atoms with Gasteiger partial charge in [0, 0.05) is 10.0 Å². The Labute approximate surface area is 167 Å². The number of tetrazole rings is 1. The number of hydrogen-bond acceptors (Lipinski definition) is 6. The van der Waals surface area contributed by atoms with E-state index in [1.54, 1.807) is 22.9 Å². The Morgan fingerprint density at radius 3 is 2.71 bits per heavy atom. The van der Waals surface area contributed by atoms with Crippen LogP contribution in [0.15, 0.2) is 46.9 Å². The lowest BCUT2D eigenvalue weighted by Crippen LogP contribution is -2.28. The fourth-order valence-corrected chi connectivity index (χ4v) is 3.65. The Morgan fingerprint density at radius 2 is 2.00 bits per heavy atom. The number of ether oxygens (including phenoxy) is 2. The highest BCUT2D eigenvalue weighted by atomic mass is 79.9. The van der Waals surface area contributed by atoms with E-state index in [9.17, 15) is 8.78 Å². The summed E-state index contributed by atoms with van der Waals surface area (Å²) in [7, 11) is 1.41. The van der Waals surface area contributed by atoms with Crippen LogP contribution >= 0.6 is 15.9 Å². The number of anilines is 1. The topological polar surface area (TPSA) is 74.1 Å². The number of aromatic nitrogens is 4. The van der Waals surface area contributed by atoms with E-state index < -0.39 is 12.7 Å². The molecule has 1 N–H and O–H groups in total. The van der Waals surface area contributed by atoms with Crippen LogP contribution in [0.4, 0.5) is 14.7 Å². The summed E-state index contributed by atoms with van der Waals surface area (Å²) in [5.74, 6) is 0.670. The van der Waals surface area contributed by atoms with Crippen molar-refractivity contribution in [2.45, 2.75) is 25.1 Å². The molecule has 3 aromatic rings. The molecule has 2 atom stereocenters. The van der Waals surface area contributed by atoms with Crippen molar-refractivity contribution in [3.8, 4) is 11.5 Å². The van der Waals surface area contributed by atoms with Crippen molar-refractivity contribution in [2.75, 3.05) is 12.4 Å². The number of methoxy groups -OCH3 is 1. The van der Waals surface area contributed by atoms with E-state index >= 15 is 0 Å². The zero-order valence-corrected chi connectivity index (χ0v) is 16.3. The molecule has 0 saturated carbocycles. The van der Waals surface area contributed by atoms with Crippen molar-refractivity contribution in [3.63, 3.8) is 0 Å². The first kappa shape index (κ1) is 18.6. The van der Waals surface area contributed by atoms with Crippen LogP contribution in [0.5, 0.6) is 11.5 Å². The molecule has 0 spiro atoms. The minimum absolute atomic E-state index is 0.0112. The fraction of sp³-hybridized carbons (Fsp3) is 0.278. The summed E-state index contributed by atoms with van der Waals surface area (Å²) in [5, 5.41) is 15.1. The SMILES string of the molecule is COc1cccc(C2CC(c3ccc(Br)cc3)Nc3nnnn32)c1OC(F)F. The van der Waals surface area contributed by atoms with Gasteiger partial charge in [0.15, 0.2) is 11.5 Å². The summed E-state index contributed by atoms with van der Waals surface area (Å²) in [6.07, 6.45) is 0.534. The lowest BCUT2D eigenvalue weighted by Gasteiger charge is -2.32. The maximum atomic E-state index is 13.1. The molecule has 2 unspecified atom stereocenters. The smallest absolute Gasteiger partial charge is 0.387 e. The number of halogens is 3. The Bertz CT molecular complexity index is 967. The number of hydrogen-bond donors (Lipinski definition) is 1. The molecule has 0 radical (unpaired) electrons. The molecule has 1 aromatic heterocycles. The Kier molecular flexibility index (Phi) is 5.12. The van der Waals surface area contributed by atoms with Gasteiger partial charge in [-0.25, -0.2) is 4.68 Å². The maximum Gasteiger partial charge on any atom is 0.387 e. The van der Waals surface area contributed by atoms with Gasteiger partial charge >= 0.3 is 6.61 Å². The highest BCUT2D eigenvalue weighted by molar-refractivity contribution is 9.10. The largest absolute Gasteiger partial charge is 0.493 e. The second kappa shape index (κ2) is 7.70. The average Bonchev–Trinajstić information content (AvgIpc) is 3.16. The predicted molar refractivity (Wildman–Crippen MR) is 101 cm³/mol. The Morgan fingerprint density at radius 1 is 1.21 bits per heavy atom. The second-order valence-corrected chi connectivity index (χ2v) is 7.12. The van der Waals surface area contributed by atoms with E-state index in [-0.39, 0.29) is 17.5 Å². The molecule has 0 saturated heterocycles. The summed E-state index contributed by atoms with van der Waals surface area (Å²) < 4.78 is 38.7. The van der Waals surface area contributed by atoms with E-state index in [0.717, 1.165) is 10.0 Å². The van der Waals surface area contributed by atoms with Gasteiger partial charge in [-0.3, -0.25) is 0 Å². The Hall–Kier alpha value is -2.75. The lowest BCUT2D eigenvalue weighted by atomic mass is 9.92. The summed E-state index contributed by atoms with van der Waals surface area (Å²) >= 11 is 3.43. The van der Waals surface area contributed by atoms with Gasteiger partial charge < -0.3 is 14.8 Å². The lowest BCUT2D eigenvalue weighted by molar-refractivity contribution is -0.0521. The van der Waals surface area contributed by atoms with Gasteiger partial charge in [0.1, 0.15) is 0 Å². The van der Waals surface area contributed by atoms with Crippen LogP contribution in [0.25, 0.3) is 0 Å². The number of nitrogens with zero attached hydrogens (tertiary/aromatic N) is 4. The molecule has 0 bridgehead atoms. The van der Waals surface area contributed by atoms with Gasteiger partial charge in [-0.2, -0.15) is 8.78 Å². The van der Waals surface area contributed by atoms with Crippen LogP contribution in [-0.4, -0.2) is 33.9 Å². The first-order chi connectivity index (χ1) is 13.6. The Balaban J connectivity index is 1.78. The standard InChI is InChI=1S/C18H16BrF2N5O2/c1-27-15-4-2-3-12(16(15)28-17(20)21)14-9-13(10-5-7-11(19)8-6-10)22-18-23-24-25-26(14)18/h2-8,13-14,17H,9H2,1H3,(H,22,23,25). The molecule has 10 heteroatoms. The van der Waals surface area contributed by atoms with E-state index in [1.165, 1.54) is 7.11 Å². The number of alkyl halides is 2. The van der Waals surface area contributed by atoms with Crippen LogP contribution < -0.4 is 14.8 Å². The summed E-state index contributed by atoms with van der Waals surface area (Å²) in [4.78, 5) is 0. The number of para-hydroxylation sites is 1. The van der Waals surface area contributed by atoms with Crippen LogP contribution in [0, 0.1) is 0 Å². The molecular weight excluding hydrogens is 436 g/mol. The molecule has 0 amide bonds. The van der Waals surface area contributed by atoms with Gasteiger partial charge in [-0.05, 0) is 40.6 Å². The van der Waals surface area contributed by atoms with Crippen molar-refractivity contribution in [1.82, 2.24) is 20.2 Å². The van der Waals surface area contributed by atoms with E-state index in [0.29, 0.717) is 17.9 Å². The van der Waals surface area contributed by atoms with Gasteiger partial charge in [-0.15, -0.1) is 0 Å². The minimum Gasteiger partial charge on any atom is -0.493 e. The highest BCUT2D eigenvalue weighted by Crippen LogP contribution is 2.43. The van der Waals surface area contributed by atoms with Crippen LogP contribution in [0.2, 0.25) is 0 Å². The highest BCUT2D eigenvalue weighted by Gasteiger charge is 2.33. The van der Waals surface area contributed by atoms with Crippen molar-refractivity contribution >= 4 is 21.9 Å². The molecule has 28 heavy (non-hydrogen) atoms. The number of nitrogens with one attached hydrogen (secondary N) is 1. The molecule has 2 aromatic carbocycles. The fourth-order valence-electron chi connectivity index (χ4n) is 3.38. The number of benzene rings is 2. The molecule has 146 valence electrons. The summed E-state index contributed by atoms with van der Waals surface area (Å²) in [6, 6.07) is 12.4. The molecule has 2 heterocycles. The first-order valence-corrected chi connectivity index (χ1v) is 9.27. The molecule has 7 nitrogen and oxygen atoms in total. The van der Waals surface area contributed by atoms with Crippen molar-refractivity contribution in [1.29, 1.82) is 0 Å². The van der Waals surface area contributed by atoms with Gasteiger partial charge in [0.2, 0.25) is 5.95 Å². The van der Waals surface area contributed by atoms with Crippen LogP contribution in [0.3, 0.4) is 0 Å². The third-order valence-electron chi connectivity index (χ3n) is 4.62. The molecule has 0 fully saturated rings. The normalized spacial score (nSPS) is 18.5. The zero-order valence-electron chi connectivity index (χ0n) is 14.7. The second-order valence-electron chi connectivity index (χ2n) is 6.20. The van der Waals surface area contributed by atoms with Crippen molar-refractivity contribution < 1.29 is 18.3 Å². The summed E-state index contributed by atoms with van der Waals surface area (Å²) in [5.41, 5.74) is 1.55. The van der Waals surface area contributed by atoms with E-state index in [2.05, 4.69) is 36.8 Å². The minimum atomic E-state index is -2.98. The first-order valence-electron chi connectivity index (χ1n) is 8.48. The van der Waals surface area contributed by atoms with E-state index in [4.69, 9.17) is 9.47 Å². The predicted octanol–water partition coefficient (Wildman–Crippen LogP) is 4.19. The quantitative estimate of drug-likeness (QED) is 0.626. The number of rotatable bonds is 5. The summed E-state index contributed by atoms with van der Waals surface area (Å²) in [6.45, 7) is -2.98. The molecule has 0 aliphatic carbocycles. The van der Waals surface area contributed by atoms with Gasteiger partial charge in [0.05, 0.1) is 19.2 Å².